The molecule has 0 aromatic heterocycles. The van der Waals surface area contributed by atoms with Gasteiger partial charge in [-0.25, -0.2) is 4.79 Å². The van der Waals surface area contributed by atoms with Crippen molar-refractivity contribution in [2.75, 3.05) is 6.61 Å². The summed E-state index contributed by atoms with van der Waals surface area (Å²) in [6.45, 7) is 2.68. The second-order valence-electron chi connectivity index (χ2n) is 5.84. The molecule has 1 N–H and O–H groups in total. The van der Waals surface area contributed by atoms with Gasteiger partial charge in [-0.1, -0.05) is 76.8 Å². The van der Waals surface area contributed by atoms with E-state index in [2.05, 4.69) is 6.92 Å². The maximum atomic E-state index is 11.7. The zero-order valence-corrected chi connectivity index (χ0v) is 19.0. The number of esters is 1. The molecule has 0 aliphatic carbocycles. The number of rotatable bonds is 12. The second kappa shape index (κ2) is 15.6. The molecule has 0 unspecified atom stereocenters. The van der Waals surface area contributed by atoms with Crippen LogP contribution in [0.5, 0.6) is 5.75 Å². The standard InChI is InChI=1S/C19H30O3.Ba/c1-2-3-4-5-6-7-8-9-10-13-16-22-19(21)17-14-11-12-15-18(17)20;/h11-12,14-15,20H,2-10,13,16H2,1H3;. The number of para-hydroxylation sites is 1. The Kier molecular flexibility index (Phi) is 15.6. The molecule has 3 nitrogen and oxygen atoms in total. The molecular formula is C19H30BaO3. The Labute approximate surface area is 181 Å². The summed E-state index contributed by atoms with van der Waals surface area (Å²) in [5.74, 6) is -0.454. The molecule has 1 aromatic rings. The third kappa shape index (κ3) is 11.3. The van der Waals surface area contributed by atoms with Crippen molar-refractivity contribution in [3.05, 3.63) is 29.8 Å². The summed E-state index contributed by atoms with van der Waals surface area (Å²) < 4.78 is 5.18. The van der Waals surface area contributed by atoms with Crippen LogP contribution in [-0.4, -0.2) is 66.6 Å². The summed E-state index contributed by atoms with van der Waals surface area (Å²) in [6, 6.07) is 6.48. The van der Waals surface area contributed by atoms with Gasteiger partial charge in [-0.05, 0) is 18.6 Å². The van der Waals surface area contributed by atoms with E-state index in [1.54, 1.807) is 18.2 Å². The molecule has 0 bridgehead atoms. The fourth-order valence-electron chi connectivity index (χ4n) is 2.48. The maximum Gasteiger partial charge on any atom is 0.341 e. The fraction of sp³-hybridized carbons (Fsp3) is 0.632. The molecule has 4 heteroatoms. The van der Waals surface area contributed by atoms with Crippen molar-refractivity contribution in [3.8, 4) is 5.75 Å². The minimum atomic E-state index is -0.436. The number of hydrogen-bond donors (Lipinski definition) is 1. The largest absolute Gasteiger partial charge is 0.507 e. The Morgan fingerprint density at radius 3 is 2.00 bits per heavy atom. The topological polar surface area (TPSA) is 46.5 Å². The van der Waals surface area contributed by atoms with Gasteiger partial charge in [0.15, 0.2) is 0 Å². The SMILES string of the molecule is CCCCCCCCCCCCOC(=O)c1ccccc1O.[Ba]. The molecule has 2 radical (unpaired) electrons. The van der Waals surface area contributed by atoms with Gasteiger partial charge in [0.05, 0.1) is 6.61 Å². The number of aromatic hydroxyl groups is 1. The Morgan fingerprint density at radius 1 is 0.913 bits per heavy atom. The van der Waals surface area contributed by atoms with E-state index in [0.717, 1.165) is 12.8 Å². The summed E-state index contributed by atoms with van der Waals surface area (Å²) in [7, 11) is 0. The van der Waals surface area contributed by atoms with Gasteiger partial charge in [-0.3, -0.25) is 0 Å². The third-order valence-electron chi connectivity index (χ3n) is 3.86. The van der Waals surface area contributed by atoms with E-state index in [1.807, 2.05) is 0 Å². The Balaban J connectivity index is 0.00000484. The van der Waals surface area contributed by atoms with E-state index in [-0.39, 0.29) is 60.2 Å². The average Bonchev–Trinajstić information content (AvgIpc) is 2.53. The molecule has 0 aliphatic rings. The molecule has 23 heavy (non-hydrogen) atoms. The van der Waals surface area contributed by atoms with Gasteiger partial charge in [0.2, 0.25) is 0 Å². The van der Waals surface area contributed by atoms with Crippen LogP contribution in [0.1, 0.15) is 81.5 Å². The summed E-state index contributed by atoms with van der Waals surface area (Å²) in [5, 5.41) is 9.56. The number of benzene rings is 1. The molecule has 0 aliphatic heterocycles. The van der Waals surface area contributed by atoms with Crippen LogP contribution in [0.3, 0.4) is 0 Å². The van der Waals surface area contributed by atoms with Gasteiger partial charge in [-0.15, -0.1) is 0 Å². The van der Waals surface area contributed by atoms with Crippen LogP contribution in [0.2, 0.25) is 0 Å². The van der Waals surface area contributed by atoms with Crippen molar-refractivity contribution >= 4 is 54.9 Å². The summed E-state index contributed by atoms with van der Waals surface area (Å²) >= 11 is 0. The number of ether oxygens (including phenoxy) is 1. The van der Waals surface area contributed by atoms with Crippen molar-refractivity contribution in [2.45, 2.75) is 71.1 Å². The van der Waals surface area contributed by atoms with Crippen molar-refractivity contribution in [1.82, 2.24) is 0 Å². The zero-order chi connectivity index (χ0) is 16.0. The van der Waals surface area contributed by atoms with E-state index in [1.165, 1.54) is 57.4 Å². The number of unbranched alkanes of at least 4 members (excludes halogenated alkanes) is 9. The summed E-state index contributed by atoms with van der Waals surface area (Å²) in [5.41, 5.74) is 0.245. The molecule has 1 rings (SSSR count). The van der Waals surface area contributed by atoms with Crippen LogP contribution in [0, 0.1) is 0 Å². The molecular weight excluding hydrogens is 414 g/mol. The third-order valence-corrected chi connectivity index (χ3v) is 3.86. The van der Waals surface area contributed by atoms with E-state index in [9.17, 15) is 9.90 Å². The quantitative estimate of drug-likeness (QED) is 0.278. The minimum absolute atomic E-state index is 0. The number of carbonyl (C=O) groups is 1. The molecule has 0 spiro atoms. The zero-order valence-electron chi connectivity index (χ0n) is 14.6. The van der Waals surface area contributed by atoms with Crippen LogP contribution in [0.15, 0.2) is 24.3 Å². The Hall–Kier alpha value is 0.0614. The summed E-state index contributed by atoms with van der Waals surface area (Å²) in [4.78, 5) is 11.7. The van der Waals surface area contributed by atoms with Gasteiger partial charge in [0.25, 0.3) is 0 Å². The molecule has 0 saturated heterocycles. The average molecular weight is 444 g/mol. The number of phenolic OH excluding ortho intramolecular Hbond substituents is 1. The number of carbonyl (C=O) groups excluding carboxylic acids is 1. The maximum absolute atomic E-state index is 11.7. The van der Waals surface area contributed by atoms with Crippen molar-refractivity contribution in [2.24, 2.45) is 0 Å². The monoisotopic (exact) mass is 444 g/mol. The first-order chi connectivity index (χ1) is 10.8. The van der Waals surface area contributed by atoms with Gasteiger partial charge < -0.3 is 9.84 Å². The predicted octanol–water partition coefficient (Wildman–Crippen LogP) is 5.09. The van der Waals surface area contributed by atoms with Gasteiger partial charge in [-0.2, -0.15) is 0 Å². The predicted molar refractivity (Wildman–Crippen MR) is 96.0 cm³/mol. The number of hydrogen-bond acceptors (Lipinski definition) is 3. The second-order valence-corrected chi connectivity index (χ2v) is 5.84. The smallest absolute Gasteiger partial charge is 0.341 e. The first-order valence-electron chi connectivity index (χ1n) is 8.70. The summed E-state index contributed by atoms with van der Waals surface area (Å²) in [6.07, 6.45) is 12.6. The van der Waals surface area contributed by atoms with Crippen LogP contribution >= 0.6 is 0 Å². The molecule has 0 heterocycles. The molecule has 126 valence electrons. The molecule has 0 amide bonds. The van der Waals surface area contributed by atoms with E-state index >= 15 is 0 Å². The Bertz CT molecular complexity index is 421. The molecule has 0 fully saturated rings. The molecule has 1 aromatic carbocycles. The normalized spacial score (nSPS) is 10.1. The van der Waals surface area contributed by atoms with E-state index in [4.69, 9.17) is 4.74 Å². The van der Waals surface area contributed by atoms with Crippen molar-refractivity contribution < 1.29 is 14.6 Å². The minimum Gasteiger partial charge on any atom is -0.507 e. The van der Waals surface area contributed by atoms with Crippen LogP contribution < -0.4 is 0 Å². The molecule has 0 saturated carbocycles. The van der Waals surface area contributed by atoms with Gasteiger partial charge in [0, 0.05) is 48.9 Å². The van der Waals surface area contributed by atoms with Gasteiger partial charge in [0.1, 0.15) is 11.3 Å². The van der Waals surface area contributed by atoms with Crippen LogP contribution in [0.25, 0.3) is 0 Å². The van der Waals surface area contributed by atoms with Crippen molar-refractivity contribution in [1.29, 1.82) is 0 Å². The Morgan fingerprint density at radius 2 is 1.43 bits per heavy atom. The van der Waals surface area contributed by atoms with Crippen LogP contribution in [-0.2, 0) is 4.74 Å². The fourth-order valence-corrected chi connectivity index (χ4v) is 2.48. The first-order valence-corrected chi connectivity index (χ1v) is 8.70. The van der Waals surface area contributed by atoms with Crippen molar-refractivity contribution in [3.63, 3.8) is 0 Å². The van der Waals surface area contributed by atoms with Crippen LogP contribution in [0.4, 0.5) is 0 Å². The van der Waals surface area contributed by atoms with E-state index in [0.29, 0.717) is 6.61 Å². The number of phenols is 1. The van der Waals surface area contributed by atoms with Gasteiger partial charge >= 0.3 is 5.97 Å². The molecule has 0 atom stereocenters. The first kappa shape index (κ1) is 23.1. The van der Waals surface area contributed by atoms with E-state index < -0.39 is 5.97 Å².